The monoisotopic (exact) mass is 236 g/mol. The van der Waals surface area contributed by atoms with E-state index in [0.717, 1.165) is 18.7 Å². The number of nitrogens with zero attached hydrogens (tertiary/aromatic N) is 1. The summed E-state index contributed by atoms with van der Waals surface area (Å²) in [4.78, 5) is 2.32. The number of benzene rings is 1. The van der Waals surface area contributed by atoms with Crippen LogP contribution < -0.4 is 5.32 Å². The fraction of sp³-hybridized carbons (Fsp3) is 0.571. The van der Waals surface area contributed by atoms with Crippen molar-refractivity contribution in [3.63, 3.8) is 0 Å². The van der Waals surface area contributed by atoms with Gasteiger partial charge in [0.15, 0.2) is 0 Å². The zero-order chi connectivity index (χ0) is 12.4. The molecule has 0 radical (unpaired) electrons. The molecule has 1 aromatic carbocycles. The molecular weight excluding hydrogens is 215 g/mol. The van der Waals surface area contributed by atoms with Gasteiger partial charge in [-0.25, -0.2) is 4.39 Å². The highest BCUT2D eigenvalue weighted by molar-refractivity contribution is 5.25. The molecule has 1 saturated heterocycles. The molecule has 2 nitrogen and oxygen atoms in total. The zero-order valence-electron chi connectivity index (χ0n) is 10.8. The molecule has 1 aromatic rings. The Balaban J connectivity index is 1.99. The van der Waals surface area contributed by atoms with Crippen molar-refractivity contribution in [2.75, 3.05) is 20.1 Å². The summed E-state index contributed by atoms with van der Waals surface area (Å²) in [6.07, 6.45) is 1.18. The van der Waals surface area contributed by atoms with E-state index in [-0.39, 0.29) is 11.9 Å². The number of nitrogens with one attached hydrogen (secondary N) is 1. The summed E-state index contributed by atoms with van der Waals surface area (Å²) in [6.45, 7) is 6.12. The molecule has 1 fully saturated rings. The second-order valence-corrected chi connectivity index (χ2v) is 5.14. The van der Waals surface area contributed by atoms with Crippen molar-refractivity contribution in [1.29, 1.82) is 0 Å². The number of hydrogen-bond donors (Lipinski definition) is 1. The number of rotatable bonds is 3. The molecule has 1 aliphatic heterocycles. The van der Waals surface area contributed by atoms with Gasteiger partial charge in [0.2, 0.25) is 0 Å². The quantitative estimate of drug-likeness (QED) is 0.867. The Hall–Kier alpha value is -0.930. The molecule has 0 saturated carbocycles. The van der Waals surface area contributed by atoms with Gasteiger partial charge in [0.25, 0.3) is 0 Å². The van der Waals surface area contributed by atoms with Crippen LogP contribution in [0.1, 0.15) is 30.5 Å². The largest absolute Gasteiger partial charge is 0.306 e. The third-order valence-corrected chi connectivity index (χ3v) is 3.57. The molecule has 2 atom stereocenters. The SMILES string of the molecule is Cc1ccc(C(C)NC2CCN(C)C2)cc1F. The molecule has 0 aromatic heterocycles. The third-order valence-electron chi connectivity index (χ3n) is 3.57. The molecule has 0 amide bonds. The fourth-order valence-corrected chi connectivity index (χ4v) is 2.40. The van der Waals surface area contributed by atoms with E-state index in [2.05, 4.69) is 24.2 Å². The Bertz CT molecular complexity index is 392. The molecule has 2 unspecified atom stereocenters. The Labute approximate surface area is 103 Å². The van der Waals surface area contributed by atoms with E-state index in [1.807, 2.05) is 12.1 Å². The second kappa shape index (κ2) is 5.15. The standard InChI is InChI=1S/C14H21FN2/c1-10-4-5-12(8-14(10)15)11(2)16-13-6-7-17(3)9-13/h4-5,8,11,13,16H,6-7,9H2,1-3H3. The number of hydrogen-bond acceptors (Lipinski definition) is 2. The predicted octanol–water partition coefficient (Wildman–Crippen LogP) is 2.49. The molecule has 1 N–H and O–H groups in total. The molecular formula is C14H21FN2. The average Bonchev–Trinajstić information content (AvgIpc) is 2.68. The van der Waals surface area contributed by atoms with Gasteiger partial charge in [0, 0.05) is 18.6 Å². The summed E-state index contributed by atoms with van der Waals surface area (Å²) in [5.74, 6) is -0.111. The Morgan fingerprint density at radius 3 is 2.82 bits per heavy atom. The van der Waals surface area contributed by atoms with Crippen molar-refractivity contribution in [3.8, 4) is 0 Å². The maximum Gasteiger partial charge on any atom is 0.126 e. The van der Waals surface area contributed by atoms with Gasteiger partial charge in [-0.1, -0.05) is 12.1 Å². The van der Waals surface area contributed by atoms with Crippen molar-refractivity contribution in [1.82, 2.24) is 10.2 Å². The van der Waals surface area contributed by atoms with E-state index in [1.165, 1.54) is 6.42 Å². The van der Waals surface area contributed by atoms with Crippen LogP contribution >= 0.6 is 0 Å². The first kappa shape index (κ1) is 12.5. The van der Waals surface area contributed by atoms with Crippen molar-refractivity contribution < 1.29 is 4.39 Å². The van der Waals surface area contributed by atoms with Crippen LogP contribution in [0, 0.1) is 12.7 Å². The van der Waals surface area contributed by atoms with Gasteiger partial charge in [-0.15, -0.1) is 0 Å². The maximum atomic E-state index is 13.5. The summed E-state index contributed by atoms with van der Waals surface area (Å²) in [5.41, 5.74) is 1.74. The van der Waals surface area contributed by atoms with Crippen molar-refractivity contribution in [2.24, 2.45) is 0 Å². The summed E-state index contributed by atoms with van der Waals surface area (Å²) in [7, 11) is 2.14. The fourth-order valence-electron chi connectivity index (χ4n) is 2.40. The third kappa shape index (κ3) is 3.05. The average molecular weight is 236 g/mol. The van der Waals surface area contributed by atoms with Crippen LogP contribution in [-0.4, -0.2) is 31.1 Å². The van der Waals surface area contributed by atoms with Crippen LogP contribution in [0.5, 0.6) is 0 Å². The van der Waals surface area contributed by atoms with E-state index >= 15 is 0 Å². The molecule has 0 bridgehead atoms. The lowest BCUT2D eigenvalue weighted by molar-refractivity contribution is 0.387. The van der Waals surface area contributed by atoms with Gasteiger partial charge >= 0.3 is 0 Å². The summed E-state index contributed by atoms with van der Waals surface area (Å²) < 4.78 is 13.5. The maximum absolute atomic E-state index is 13.5. The minimum atomic E-state index is -0.111. The van der Waals surface area contributed by atoms with E-state index in [9.17, 15) is 4.39 Å². The van der Waals surface area contributed by atoms with Crippen LogP contribution in [0.4, 0.5) is 4.39 Å². The highest BCUT2D eigenvalue weighted by atomic mass is 19.1. The highest BCUT2D eigenvalue weighted by Crippen LogP contribution is 2.18. The topological polar surface area (TPSA) is 15.3 Å². The first-order valence-corrected chi connectivity index (χ1v) is 6.27. The van der Waals surface area contributed by atoms with E-state index < -0.39 is 0 Å². The number of halogens is 1. The van der Waals surface area contributed by atoms with Crippen molar-refractivity contribution in [3.05, 3.63) is 35.1 Å². The molecule has 0 aliphatic carbocycles. The molecule has 0 spiro atoms. The lowest BCUT2D eigenvalue weighted by Gasteiger charge is -2.20. The molecule has 17 heavy (non-hydrogen) atoms. The van der Waals surface area contributed by atoms with Crippen LogP contribution in [-0.2, 0) is 0 Å². The first-order valence-electron chi connectivity index (χ1n) is 6.27. The Kier molecular flexibility index (Phi) is 3.79. The van der Waals surface area contributed by atoms with Crippen LogP contribution in [0.15, 0.2) is 18.2 Å². The van der Waals surface area contributed by atoms with E-state index in [1.54, 1.807) is 13.0 Å². The molecule has 2 rings (SSSR count). The lowest BCUT2D eigenvalue weighted by atomic mass is 10.0. The normalized spacial score (nSPS) is 22.9. The van der Waals surface area contributed by atoms with Crippen molar-refractivity contribution >= 4 is 0 Å². The number of aryl methyl sites for hydroxylation is 1. The summed E-state index contributed by atoms with van der Waals surface area (Å²) in [6, 6.07) is 6.24. The zero-order valence-corrected chi connectivity index (χ0v) is 10.8. The number of likely N-dealkylation sites (tertiary alicyclic amines) is 1. The second-order valence-electron chi connectivity index (χ2n) is 5.14. The van der Waals surface area contributed by atoms with Crippen LogP contribution in [0.3, 0.4) is 0 Å². The van der Waals surface area contributed by atoms with Crippen molar-refractivity contribution in [2.45, 2.75) is 32.4 Å². The summed E-state index contributed by atoms with van der Waals surface area (Å²) in [5, 5.41) is 3.56. The Morgan fingerprint density at radius 1 is 1.47 bits per heavy atom. The molecule has 3 heteroatoms. The molecule has 94 valence electrons. The van der Waals surface area contributed by atoms with Crippen LogP contribution in [0.2, 0.25) is 0 Å². The van der Waals surface area contributed by atoms with Gasteiger partial charge in [0.1, 0.15) is 5.82 Å². The lowest BCUT2D eigenvalue weighted by Crippen LogP contribution is -2.33. The first-order chi connectivity index (χ1) is 8.06. The van der Waals surface area contributed by atoms with Gasteiger partial charge in [-0.3, -0.25) is 0 Å². The van der Waals surface area contributed by atoms with Gasteiger partial charge in [0.05, 0.1) is 0 Å². The van der Waals surface area contributed by atoms with Gasteiger partial charge in [-0.05, 0) is 51.1 Å². The Morgan fingerprint density at radius 2 is 2.24 bits per heavy atom. The minimum Gasteiger partial charge on any atom is -0.306 e. The number of likely N-dealkylation sites (N-methyl/N-ethyl adjacent to an activating group) is 1. The molecule has 1 aliphatic rings. The summed E-state index contributed by atoms with van der Waals surface area (Å²) >= 11 is 0. The minimum absolute atomic E-state index is 0.111. The van der Waals surface area contributed by atoms with Gasteiger partial charge in [-0.2, -0.15) is 0 Å². The predicted molar refractivity (Wildman–Crippen MR) is 68.6 cm³/mol. The highest BCUT2D eigenvalue weighted by Gasteiger charge is 2.21. The molecule has 1 heterocycles. The van der Waals surface area contributed by atoms with E-state index in [0.29, 0.717) is 11.6 Å². The van der Waals surface area contributed by atoms with E-state index in [4.69, 9.17) is 0 Å². The van der Waals surface area contributed by atoms with Crippen LogP contribution in [0.25, 0.3) is 0 Å². The van der Waals surface area contributed by atoms with Gasteiger partial charge < -0.3 is 10.2 Å². The smallest absolute Gasteiger partial charge is 0.126 e.